The topological polar surface area (TPSA) is 41.5 Å². The Kier molecular flexibility index (Phi) is 2.77. The van der Waals surface area contributed by atoms with E-state index in [0.717, 1.165) is 19.4 Å². The van der Waals surface area contributed by atoms with Crippen molar-refractivity contribution in [1.29, 1.82) is 0 Å². The molecule has 1 atom stereocenters. The quantitative estimate of drug-likeness (QED) is 0.785. The molecule has 0 aliphatic carbocycles. The van der Waals surface area contributed by atoms with Crippen LogP contribution in [0.1, 0.15) is 24.4 Å². The molecule has 1 aliphatic rings. The third-order valence-electron chi connectivity index (χ3n) is 2.73. The number of ether oxygens (including phenoxy) is 1. The smallest absolute Gasteiger partial charge is 0.169 e. The highest BCUT2D eigenvalue weighted by Crippen LogP contribution is 2.33. The zero-order chi connectivity index (χ0) is 10.8. The van der Waals surface area contributed by atoms with Crippen LogP contribution in [-0.4, -0.2) is 18.8 Å². The van der Waals surface area contributed by atoms with E-state index in [2.05, 4.69) is 5.32 Å². The van der Waals surface area contributed by atoms with Gasteiger partial charge in [0, 0.05) is 17.7 Å². The van der Waals surface area contributed by atoms with E-state index in [-0.39, 0.29) is 11.8 Å². The van der Waals surface area contributed by atoms with E-state index in [1.165, 1.54) is 13.2 Å². The molecule has 1 unspecified atom stereocenters. The van der Waals surface area contributed by atoms with Gasteiger partial charge in [-0.3, -0.25) is 0 Å². The Morgan fingerprint density at radius 1 is 1.53 bits per heavy atom. The van der Waals surface area contributed by atoms with Crippen LogP contribution < -0.4 is 10.1 Å². The van der Waals surface area contributed by atoms with Gasteiger partial charge in [0.25, 0.3) is 0 Å². The Morgan fingerprint density at radius 3 is 2.93 bits per heavy atom. The van der Waals surface area contributed by atoms with Gasteiger partial charge in [-0.05, 0) is 25.5 Å². The zero-order valence-electron chi connectivity index (χ0n) is 8.59. The average molecular weight is 211 g/mol. The lowest BCUT2D eigenvalue weighted by atomic mass is 10.0. The number of hydrogen-bond donors (Lipinski definition) is 2. The molecule has 0 aromatic heterocycles. The zero-order valence-corrected chi connectivity index (χ0v) is 8.59. The van der Waals surface area contributed by atoms with E-state index < -0.39 is 5.82 Å². The molecule has 2 rings (SSSR count). The number of phenols is 1. The van der Waals surface area contributed by atoms with Crippen molar-refractivity contribution in [3.63, 3.8) is 0 Å². The summed E-state index contributed by atoms with van der Waals surface area (Å²) in [6, 6.07) is 2.91. The van der Waals surface area contributed by atoms with Gasteiger partial charge in [-0.1, -0.05) is 0 Å². The van der Waals surface area contributed by atoms with Gasteiger partial charge in [0.2, 0.25) is 0 Å². The molecular weight excluding hydrogens is 197 g/mol. The molecule has 1 aliphatic heterocycles. The first-order valence-electron chi connectivity index (χ1n) is 5.02. The number of benzene rings is 1. The van der Waals surface area contributed by atoms with Crippen LogP contribution in [0.4, 0.5) is 4.39 Å². The van der Waals surface area contributed by atoms with Crippen molar-refractivity contribution in [3.05, 3.63) is 23.5 Å². The van der Waals surface area contributed by atoms with Gasteiger partial charge < -0.3 is 15.2 Å². The molecular formula is C11H14FNO2. The number of nitrogens with one attached hydrogen (secondary N) is 1. The molecule has 1 aromatic rings. The normalized spacial score (nSPS) is 20.5. The van der Waals surface area contributed by atoms with Crippen LogP contribution in [0.15, 0.2) is 12.1 Å². The lowest BCUT2D eigenvalue weighted by Crippen LogP contribution is -2.14. The summed E-state index contributed by atoms with van der Waals surface area (Å²) in [6.45, 7) is 0.891. The van der Waals surface area contributed by atoms with Gasteiger partial charge in [0.15, 0.2) is 11.6 Å². The molecule has 0 amide bonds. The molecule has 1 saturated heterocycles. The van der Waals surface area contributed by atoms with Gasteiger partial charge in [-0.2, -0.15) is 0 Å². The van der Waals surface area contributed by atoms with Crippen LogP contribution in [0.25, 0.3) is 0 Å². The van der Waals surface area contributed by atoms with Crippen LogP contribution in [0.2, 0.25) is 0 Å². The van der Waals surface area contributed by atoms with E-state index in [4.69, 9.17) is 4.74 Å². The Labute approximate surface area is 87.9 Å². The molecule has 3 nitrogen and oxygen atoms in total. The Hall–Kier alpha value is -1.29. The number of halogens is 1. The lowest BCUT2D eigenvalue weighted by Gasteiger charge is -2.14. The van der Waals surface area contributed by atoms with Crippen molar-refractivity contribution < 1.29 is 14.2 Å². The van der Waals surface area contributed by atoms with E-state index in [9.17, 15) is 9.50 Å². The summed E-state index contributed by atoms with van der Waals surface area (Å²) in [5, 5.41) is 12.6. The third kappa shape index (κ3) is 1.90. The van der Waals surface area contributed by atoms with Crippen LogP contribution in [0, 0.1) is 5.82 Å². The maximum absolute atomic E-state index is 13.6. The van der Waals surface area contributed by atoms with Crippen molar-refractivity contribution >= 4 is 0 Å². The van der Waals surface area contributed by atoms with Gasteiger partial charge in [0.05, 0.1) is 7.11 Å². The molecule has 0 saturated carbocycles. The number of phenolic OH excluding ortho intramolecular Hbond substituents is 1. The fraction of sp³-hybridized carbons (Fsp3) is 0.455. The van der Waals surface area contributed by atoms with E-state index in [1.807, 2.05) is 0 Å². The molecule has 82 valence electrons. The number of rotatable bonds is 2. The monoisotopic (exact) mass is 211 g/mol. The highest BCUT2D eigenvalue weighted by molar-refractivity contribution is 5.40. The number of methoxy groups -OCH3 is 1. The predicted octanol–water partition coefficient (Wildman–Crippen LogP) is 1.96. The molecule has 1 heterocycles. The van der Waals surface area contributed by atoms with E-state index >= 15 is 0 Å². The summed E-state index contributed by atoms with van der Waals surface area (Å²) >= 11 is 0. The molecule has 1 fully saturated rings. The van der Waals surface area contributed by atoms with Crippen LogP contribution in [-0.2, 0) is 0 Å². The minimum atomic E-state index is -0.546. The maximum Gasteiger partial charge on any atom is 0.169 e. The lowest BCUT2D eigenvalue weighted by molar-refractivity contribution is 0.390. The molecule has 0 bridgehead atoms. The fourth-order valence-corrected chi connectivity index (χ4v) is 1.93. The first kappa shape index (κ1) is 10.2. The van der Waals surface area contributed by atoms with Crippen LogP contribution in [0.3, 0.4) is 0 Å². The van der Waals surface area contributed by atoms with Crippen LogP contribution in [0.5, 0.6) is 11.5 Å². The predicted molar refractivity (Wildman–Crippen MR) is 54.6 cm³/mol. The molecule has 1 aromatic carbocycles. The molecule has 0 radical (unpaired) electrons. The van der Waals surface area contributed by atoms with Crippen molar-refractivity contribution in [1.82, 2.24) is 5.32 Å². The first-order valence-corrected chi connectivity index (χ1v) is 5.02. The number of aromatic hydroxyl groups is 1. The van der Waals surface area contributed by atoms with Gasteiger partial charge in [0.1, 0.15) is 5.75 Å². The second-order valence-electron chi connectivity index (χ2n) is 3.70. The van der Waals surface area contributed by atoms with Crippen molar-refractivity contribution in [2.75, 3.05) is 13.7 Å². The highest BCUT2D eigenvalue weighted by atomic mass is 19.1. The maximum atomic E-state index is 13.6. The largest absolute Gasteiger partial charge is 0.505 e. The summed E-state index contributed by atoms with van der Waals surface area (Å²) in [5.41, 5.74) is 0.490. The van der Waals surface area contributed by atoms with Gasteiger partial charge in [-0.15, -0.1) is 0 Å². The standard InChI is InChI=1S/C11H14FNO2/c1-15-7-5-8(9-3-2-4-13-9)11(12)10(14)6-7/h5-6,9,13-14H,2-4H2,1H3. The minimum absolute atomic E-state index is 0.00833. The highest BCUT2D eigenvalue weighted by Gasteiger charge is 2.22. The Morgan fingerprint density at radius 2 is 2.33 bits per heavy atom. The van der Waals surface area contributed by atoms with E-state index in [0.29, 0.717) is 11.3 Å². The van der Waals surface area contributed by atoms with Crippen LogP contribution >= 0.6 is 0 Å². The fourth-order valence-electron chi connectivity index (χ4n) is 1.93. The second kappa shape index (κ2) is 4.06. The summed E-state index contributed by atoms with van der Waals surface area (Å²) in [4.78, 5) is 0. The molecule has 0 spiro atoms. The third-order valence-corrected chi connectivity index (χ3v) is 2.73. The van der Waals surface area contributed by atoms with Gasteiger partial charge >= 0.3 is 0 Å². The molecule has 4 heteroatoms. The second-order valence-corrected chi connectivity index (χ2v) is 3.70. The van der Waals surface area contributed by atoms with Crippen molar-refractivity contribution in [2.45, 2.75) is 18.9 Å². The number of hydrogen-bond acceptors (Lipinski definition) is 3. The summed E-state index contributed by atoms with van der Waals surface area (Å²) in [7, 11) is 1.50. The summed E-state index contributed by atoms with van der Waals surface area (Å²) in [5.74, 6) is -0.411. The summed E-state index contributed by atoms with van der Waals surface area (Å²) in [6.07, 6.45) is 1.92. The Bertz CT molecular complexity index is 362. The first-order chi connectivity index (χ1) is 7.22. The minimum Gasteiger partial charge on any atom is -0.505 e. The van der Waals surface area contributed by atoms with E-state index in [1.54, 1.807) is 6.07 Å². The Balaban J connectivity index is 2.39. The molecule has 2 N–H and O–H groups in total. The average Bonchev–Trinajstić information content (AvgIpc) is 2.75. The molecule has 15 heavy (non-hydrogen) atoms. The van der Waals surface area contributed by atoms with Crippen molar-refractivity contribution in [2.24, 2.45) is 0 Å². The van der Waals surface area contributed by atoms with Crippen molar-refractivity contribution in [3.8, 4) is 11.5 Å². The van der Waals surface area contributed by atoms with Gasteiger partial charge in [-0.25, -0.2) is 4.39 Å². The summed E-state index contributed by atoms with van der Waals surface area (Å²) < 4.78 is 18.6. The SMILES string of the molecule is COc1cc(O)c(F)c(C2CCCN2)c1.